The van der Waals surface area contributed by atoms with E-state index in [9.17, 15) is 8.42 Å². The van der Waals surface area contributed by atoms with Gasteiger partial charge >= 0.3 is 10.3 Å². The SMILES string of the molecule is O=S(=O)(O)N1C=CSS1. The maximum absolute atomic E-state index is 10.2. The minimum absolute atomic E-state index is 0.775. The molecule has 0 fully saturated rings. The molecule has 1 aliphatic rings. The Kier molecular flexibility index (Phi) is 1.94. The van der Waals surface area contributed by atoms with Gasteiger partial charge in [-0.15, -0.1) is 0 Å². The van der Waals surface area contributed by atoms with Crippen molar-refractivity contribution in [3.8, 4) is 0 Å². The van der Waals surface area contributed by atoms with Gasteiger partial charge in [0, 0.05) is 22.6 Å². The van der Waals surface area contributed by atoms with E-state index >= 15 is 0 Å². The second-order valence-corrected chi connectivity index (χ2v) is 4.74. The van der Waals surface area contributed by atoms with E-state index in [0.29, 0.717) is 0 Å². The van der Waals surface area contributed by atoms with Crippen LogP contribution in [0.2, 0.25) is 0 Å². The minimum atomic E-state index is -4.01. The van der Waals surface area contributed by atoms with Crippen LogP contribution < -0.4 is 0 Å². The highest BCUT2D eigenvalue weighted by Crippen LogP contribution is 2.35. The van der Waals surface area contributed by atoms with Crippen LogP contribution in [0, 0.1) is 0 Å². The highest BCUT2D eigenvalue weighted by molar-refractivity contribution is 8.78. The zero-order valence-electron chi connectivity index (χ0n) is 4.09. The van der Waals surface area contributed by atoms with Gasteiger partial charge in [0.15, 0.2) is 0 Å². The summed E-state index contributed by atoms with van der Waals surface area (Å²) < 4.78 is 29.6. The van der Waals surface area contributed by atoms with E-state index in [0.717, 1.165) is 14.7 Å². The first-order valence-electron chi connectivity index (χ1n) is 1.87. The van der Waals surface area contributed by atoms with Gasteiger partial charge in [0.1, 0.15) is 0 Å². The van der Waals surface area contributed by atoms with Crippen LogP contribution in [0.15, 0.2) is 11.6 Å². The summed E-state index contributed by atoms with van der Waals surface area (Å²) in [7, 11) is -1.83. The third-order valence-electron chi connectivity index (χ3n) is 0.582. The van der Waals surface area contributed by atoms with Crippen molar-refractivity contribution in [2.24, 2.45) is 0 Å². The molecule has 0 aromatic heterocycles. The molecule has 0 amide bonds. The Bertz CT molecular complexity index is 219. The average Bonchev–Trinajstić information content (AvgIpc) is 2.08. The zero-order valence-corrected chi connectivity index (χ0v) is 6.54. The second kappa shape index (κ2) is 2.41. The lowest BCUT2D eigenvalue weighted by Crippen LogP contribution is -2.14. The molecule has 0 saturated heterocycles. The third-order valence-corrected chi connectivity index (χ3v) is 3.89. The molecule has 0 aromatic carbocycles. The van der Waals surface area contributed by atoms with Crippen LogP contribution in [0.5, 0.6) is 0 Å². The predicted octanol–water partition coefficient (Wildman–Crippen LogP) is 0.872. The number of rotatable bonds is 1. The van der Waals surface area contributed by atoms with Crippen molar-refractivity contribution in [2.45, 2.75) is 0 Å². The number of hydrogen-bond donors (Lipinski definition) is 1. The maximum Gasteiger partial charge on any atom is 0.369 e. The van der Waals surface area contributed by atoms with Crippen LogP contribution in [0.1, 0.15) is 0 Å². The van der Waals surface area contributed by atoms with Gasteiger partial charge in [0.05, 0.1) is 0 Å². The van der Waals surface area contributed by atoms with Crippen molar-refractivity contribution in [2.75, 3.05) is 0 Å². The Morgan fingerprint density at radius 3 is 2.44 bits per heavy atom. The van der Waals surface area contributed by atoms with E-state index in [1.165, 1.54) is 17.0 Å². The van der Waals surface area contributed by atoms with E-state index < -0.39 is 10.3 Å². The Balaban J connectivity index is 2.76. The van der Waals surface area contributed by atoms with Crippen molar-refractivity contribution in [3.63, 3.8) is 0 Å². The van der Waals surface area contributed by atoms with Crippen molar-refractivity contribution >= 4 is 32.1 Å². The van der Waals surface area contributed by atoms with Crippen molar-refractivity contribution in [1.82, 2.24) is 3.71 Å². The first-order valence-corrected chi connectivity index (χ1v) is 5.44. The summed E-state index contributed by atoms with van der Waals surface area (Å²) >= 11 is 0. The van der Waals surface area contributed by atoms with Gasteiger partial charge in [0.2, 0.25) is 0 Å². The molecule has 0 radical (unpaired) electrons. The molecule has 0 spiro atoms. The number of nitrogens with zero attached hydrogens (tertiary/aromatic N) is 1. The van der Waals surface area contributed by atoms with Crippen LogP contribution in [-0.2, 0) is 10.3 Å². The third kappa shape index (κ3) is 1.78. The predicted molar refractivity (Wildman–Crippen MR) is 37.7 cm³/mol. The molecule has 4 nitrogen and oxygen atoms in total. The van der Waals surface area contributed by atoms with Crippen molar-refractivity contribution in [3.05, 3.63) is 11.6 Å². The lowest BCUT2D eigenvalue weighted by atomic mass is 11.1. The summed E-state index contributed by atoms with van der Waals surface area (Å²) in [5.74, 6) is 0. The van der Waals surface area contributed by atoms with E-state index in [-0.39, 0.29) is 0 Å². The molecule has 1 heterocycles. The molecule has 0 atom stereocenters. The molecule has 0 unspecified atom stereocenters. The first kappa shape index (κ1) is 7.26. The normalized spacial score (nSPS) is 19.0. The Morgan fingerprint density at radius 2 is 2.22 bits per heavy atom. The van der Waals surface area contributed by atoms with Crippen molar-refractivity contribution < 1.29 is 13.0 Å². The quantitative estimate of drug-likeness (QED) is 0.373. The molecular formula is C2H3NO3S3. The topological polar surface area (TPSA) is 57.6 Å². The number of hydrogen-bond acceptors (Lipinski definition) is 4. The Labute approximate surface area is 60.7 Å². The van der Waals surface area contributed by atoms with E-state index in [1.54, 1.807) is 5.41 Å². The van der Waals surface area contributed by atoms with Crippen LogP contribution >= 0.6 is 21.8 Å². The first-order chi connectivity index (χ1) is 4.11. The average molecular weight is 185 g/mol. The van der Waals surface area contributed by atoms with Gasteiger partial charge in [-0.2, -0.15) is 12.1 Å². The van der Waals surface area contributed by atoms with Crippen molar-refractivity contribution in [1.29, 1.82) is 0 Å². The molecule has 0 saturated carbocycles. The van der Waals surface area contributed by atoms with Gasteiger partial charge in [-0.25, -0.2) is 0 Å². The fourth-order valence-electron chi connectivity index (χ4n) is 0.282. The fraction of sp³-hybridized carbons (Fsp3) is 0. The molecule has 0 aliphatic carbocycles. The summed E-state index contributed by atoms with van der Waals surface area (Å²) in [6.07, 6.45) is 1.28. The molecule has 52 valence electrons. The summed E-state index contributed by atoms with van der Waals surface area (Å²) in [6.45, 7) is 0. The van der Waals surface area contributed by atoms with Gasteiger partial charge in [0.25, 0.3) is 0 Å². The molecule has 0 aromatic rings. The van der Waals surface area contributed by atoms with Crippen LogP contribution in [-0.4, -0.2) is 16.7 Å². The largest absolute Gasteiger partial charge is 0.369 e. The molecular weight excluding hydrogens is 182 g/mol. The summed E-state index contributed by atoms with van der Waals surface area (Å²) in [6, 6.07) is 0. The maximum atomic E-state index is 10.2. The van der Waals surface area contributed by atoms with Crippen LogP contribution in [0.3, 0.4) is 0 Å². The van der Waals surface area contributed by atoms with Crippen LogP contribution in [0.25, 0.3) is 0 Å². The minimum Gasteiger partial charge on any atom is -0.268 e. The highest BCUT2D eigenvalue weighted by Gasteiger charge is 2.18. The van der Waals surface area contributed by atoms with Crippen LogP contribution in [0.4, 0.5) is 0 Å². The molecule has 1 aliphatic heterocycles. The van der Waals surface area contributed by atoms with E-state index in [2.05, 4.69) is 0 Å². The lowest BCUT2D eigenvalue weighted by molar-refractivity contribution is 0.456. The highest BCUT2D eigenvalue weighted by atomic mass is 33.1. The van der Waals surface area contributed by atoms with E-state index in [4.69, 9.17) is 4.55 Å². The molecule has 1 rings (SSSR count). The molecule has 1 N–H and O–H groups in total. The van der Waals surface area contributed by atoms with Gasteiger partial charge in [-0.1, -0.05) is 0 Å². The van der Waals surface area contributed by atoms with Gasteiger partial charge < -0.3 is 0 Å². The van der Waals surface area contributed by atoms with Gasteiger partial charge in [-0.05, 0) is 10.8 Å². The summed E-state index contributed by atoms with van der Waals surface area (Å²) in [5.41, 5.74) is 0. The second-order valence-electron chi connectivity index (χ2n) is 1.19. The van der Waals surface area contributed by atoms with E-state index in [1.807, 2.05) is 0 Å². The standard InChI is InChI=1S/C2H3NO3S3/c4-9(5,6)3-1-2-7-8-3/h1-2H,(H,4,5,6). The lowest BCUT2D eigenvalue weighted by Gasteiger charge is -2.05. The summed E-state index contributed by atoms with van der Waals surface area (Å²) in [5, 5.41) is 1.57. The molecule has 9 heavy (non-hydrogen) atoms. The Morgan fingerprint density at radius 1 is 1.56 bits per heavy atom. The smallest absolute Gasteiger partial charge is 0.268 e. The van der Waals surface area contributed by atoms with Gasteiger partial charge in [-0.3, -0.25) is 4.55 Å². The Hall–Kier alpha value is 0.150. The monoisotopic (exact) mass is 185 g/mol. The molecule has 7 heteroatoms. The fourth-order valence-corrected chi connectivity index (χ4v) is 3.08. The zero-order chi connectivity index (χ0) is 6.91. The summed E-state index contributed by atoms with van der Waals surface area (Å²) in [4.78, 5) is 0. The molecule has 0 bridgehead atoms.